The molecule has 1 amide bonds. The van der Waals surface area contributed by atoms with Crippen molar-refractivity contribution in [1.82, 2.24) is 15.5 Å². The third kappa shape index (κ3) is 2.74. The topological polar surface area (TPSA) is 57.8 Å². The molecular weight excluding hydrogens is 154 g/mol. The molecule has 0 unspecified atom stereocenters. The number of aromatic amines is 1. The summed E-state index contributed by atoms with van der Waals surface area (Å²) in [6.07, 6.45) is 3.06. The van der Waals surface area contributed by atoms with E-state index in [-0.39, 0.29) is 5.91 Å². The summed E-state index contributed by atoms with van der Waals surface area (Å²) in [5, 5.41) is 9.41. The van der Waals surface area contributed by atoms with Gasteiger partial charge < -0.3 is 5.32 Å². The summed E-state index contributed by atoms with van der Waals surface area (Å²) in [6.45, 7) is 2.51. The predicted octanol–water partition coefficient (Wildman–Crippen LogP) is 0.478. The van der Waals surface area contributed by atoms with Gasteiger partial charge in [0.1, 0.15) is 0 Å². The monoisotopic (exact) mass is 167 g/mol. The van der Waals surface area contributed by atoms with E-state index in [1.807, 2.05) is 13.0 Å². The van der Waals surface area contributed by atoms with Gasteiger partial charge in [-0.1, -0.05) is 6.92 Å². The first kappa shape index (κ1) is 8.77. The SMILES string of the molecule is CCC(=O)NCCc1ccn[nH]1. The molecule has 0 aromatic carbocycles. The molecule has 4 heteroatoms. The molecule has 0 bridgehead atoms. The largest absolute Gasteiger partial charge is 0.356 e. The van der Waals surface area contributed by atoms with E-state index in [2.05, 4.69) is 15.5 Å². The normalized spacial score (nSPS) is 9.75. The summed E-state index contributed by atoms with van der Waals surface area (Å²) >= 11 is 0. The van der Waals surface area contributed by atoms with Gasteiger partial charge in [-0.25, -0.2) is 0 Å². The quantitative estimate of drug-likeness (QED) is 0.685. The van der Waals surface area contributed by atoms with E-state index in [0.717, 1.165) is 12.1 Å². The summed E-state index contributed by atoms with van der Waals surface area (Å²) in [7, 11) is 0. The highest BCUT2D eigenvalue weighted by atomic mass is 16.1. The second-order valence-corrected chi connectivity index (χ2v) is 2.54. The van der Waals surface area contributed by atoms with E-state index in [0.29, 0.717) is 13.0 Å². The number of nitrogens with one attached hydrogen (secondary N) is 2. The lowest BCUT2D eigenvalue weighted by Gasteiger charge is -2.00. The van der Waals surface area contributed by atoms with Crippen LogP contribution in [0.2, 0.25) is 0 Å². The summed E-state index contributed by atoms with van der Waals surface area (Å²) in [6, 6.07) is 1.90. The van der Waals surface area contributed by atoms with Gasteiger partial charge in [0.15, 0.2) is 0 Å². The third-order valence-corrected chi connectivity index (χ3v) is 1.60. The Bertz CT molecular complexity index is 230. The molecule has 12 heavy (non-hydrogen) atoms. The number of carbonyl (C=O) groups is 1. The van der Waals surface area contributed by atoms with Crippen molar-refractivity contribution in [2.45, 2.75) is 19.8 Å². The number of hydrogen-bond donors (Lipinski definition) is 2. The van der Waals surface area contributed by atoms with Gasteiger partial charge in [0.2, 0.25) is 5.91 Å². The number of rotatable bonds is 4. The number of aromatic nitrogens is 2. The molecule has 1 aromatic rings. The van der Waals surface area contributed by atoms with Crippen LogP contribution in [0, 0.1) is 0 Å². The molecule has 66 valence electrons. The Morgan fingerprint density at radius 3 is 3.17 bits per heavy atom. The van der Waals surface area contributed by atoms with Gasteiger partial charge in [0.25, 0.3) is 0 Å². The standard InChI is InChI=1S/C8H13N3O/c1-2-8(12)9-5-3-7-4-6-10-11-7/h4,6H,2-3,5H2,1H3,(H,9,12)(H,10,11). The van der Waals surface area contributed by atoms with Crippen LogP contribution in [0.1, 0.15) is 19.0 Å². The average molecular weight is 167 g/mol. The van der Waals surface area contributed by atoms with Crippen molar-refractivity contribution in [3.05, 3.63) is 18.0 Å². The number of carbonyl (C=O) groups excluding carboxylic acids is 1. The Morgan fingerprint density at radius 2 is 2.58 bits per heavy atom. The Labute approximate surface area is 71.4 Å². The van der Waals surface area contributed by atoms with E-state index >= 15 is 0 Å². The van der Waals surface area contributed by atoms with E-state index in [9.17, 15) is 4.79 Å². The Morgan fingerprint density at radius 1 is 1.75 bits per heavy atom. The zero-order valence-electron chi connectivity index (χ0n) is 7.13. The van der Waals surface area contributed by atoms with Gasteiger partial charge in [0, 0.05) is 31.3 Å². The van der Waals surface area contributed by atoms with Crippen LogP contribution in [0.4, 0.5) is 0 Å². The molecule has 4 nitrogen and oxygen atoms in total. The molecule has 0 aliphatic heterocycles. The van der Waals surface area contributed by atoms with Crippen LogP contribution in [-0.2, 0) is 11.2 Å². The summed E-state index contributed by atoms with van der Waals surface area (Å²) in [5.41, 5.74) is 1.05. The summed E-state index contributed by atoms with van der Waals surface area (Å²) in [4.78, 5) is 10.8. The smallest absolute Gasteiger partial charge is 0.219 e. The zero-order chi connectivity index (χ0) is 8.81. The zero-order valence-corrected chi connectivity index (χ0v) is 7.13. The maximum absolute atomic E-state index is 10.8. The van der Waals surface area contributed by atoms with E-state index in [1.54, 1.807) is 6.20 Å². The Hall–Kier alpha value is -1.32. The fraction of sp³-hybridized carbons (Fsp3) is 0.500. The molecule has 0 fully saturated rings. The molecule has 1 rings (SSSR count). The van der Waals surface area contributed by atoms with Gasteiger partial charge in [-0.05, 0) is 6.07 Å². The molecule has 1 aromatic heterocycles. The molecule has 0 saturated carbocycles. The van der Waals surface area contributed by atoms with Crippen molar-refractivity contribution in [2.75, 3.05) is 6.54 Å². The second-order valence-electron chi connectivity index (χ2n) is 2.54. The minimum absolute atomic E-state index is 0.0921. The van der Waals surface area contributed by atoms with Crippen molar-refractivity contribution < 1.29 is 4.79 Å². The van der Waals surface area contributed by atoms with Crippen molar-refractivity contribution >= 4 is 5.91 Å². The average Bonchev–Trinajstić information content (AvgIpc) is 2.57. The molecule has 1 heterocycles. The van der Waals surface area contributed by atoms with Crippen LogP contribution in [0.5, 0.6) is 0 Å². The van der Waals surface area contributed by atoms with Crippen molar-refractivity contribution in [2.24, 2.45) is 0 Å². The summed E-state index contributed by atoms with van der Waals surface area (Å²) < 4.78 is 0. The van der Waals surface area contributed by atoms with Crippen molar-refractivity contribution in [3.63, 3.8) is 0 Å². The number of hydrogen-bond acceptors (Lipinski definition) is 2. The van der Waals surface area contributed by atoms with E-state index in [4.69, 9.17) is 0 Å². The van der Waals surface area contributed by atoms with E-state index < -0.39 is 0 Å². The summed E-state index contributed by atoms with van der Waals surface area (Å²) in [5.74, 6) is 0.0921. The van der Waals surface area contributed by atoms with Gasteiger partial charge in [-0.15, -0.1) is 0 Å². The first-order valence-corrected chi connectivity index (χ1v) is 4.08. The molecule has 0 saturated heterocycles. The molecular formula is C8H13N3O. The molecule has 0 aliphatic rings. The maximum atomic E-state index is 10.8. The highest BCUT2D eigenvalue weighted by Gasteiger charge is 1.96. The third-order valence-electron chi connectivity index (χ3n) is 1.60. The molecule has 0 aliphatic carbocycles. The first-order chi connectivity index (χ1) is 5.83. The second kappa shape index (κ2) is 4.54. The Balaban J connectivity index is 2.15. The predicted molar refractivity (Wildman–Crippen MR) is 45.6 cm³/mol. The highest BCUT2D eigenvalue weighted by molar-refractivity contribution is 5.75. The van der Waals surface area contributed by atoms with Crippen LogP contribution >= 0.6 is 0 Å². The number of amides is 1. The highest BCUT2D eigenvalue weighted by Crippen LogP contribution is 1.90. The van der Waals surface area contributed by atoms with Crippen LogP contribution in [0.15, 0.2) is 12.3 Å². The fourth-order valence-corrected chi connectivity index (χ4v) is 0.886. The van der Waals surface area contributed by atoms with Gasteiger partial charge in [-0.2, -0.15) is 5.10 Å². The minimum atomic E-state index is 0.0921. The first-order valence-electron chi connectivity index (χ1n) is 4.08. The van der Waals surface area contributed by atoms with Crippen LogP contribution in [0.25, 0.3) is 0 Å². The molecule has 0 spiro atoms. The van der Waals surface area contributed by atoms with Crippen molar-refractivity contribution in [3.8, 4) is 0 Å². The van der Waals surface area contributed by atoms with E-state index in [1.165, 1.54) is 0 Å². The van der Waals surface area contributed by atoms with Gasteiger partial charge in [0.05, 0.1) is 0 Å². The lowest BCUT2D eigenvalue weighted by molar-refractivity contribution is -0.120. The van der Waals surface area contributed by atoms with Crippen LogP contribution < -0.4 is 5.32 Å². The minimum Gasteiger partial charge on any atom is -0.356 e. The van der Waals surface area contributed by atoms with Gasteiger partial charge >= 0.3 is 0 Å². The number of nitrogens with zero attached hydrogens (tertiary/aromatic N) is 1. The lowest BCUT2D eigenvalue weighted by Crippen LogP contribution is -2.24. The van der Waals surface area contributed by atoms with Crippen LogP contribution in [-0.4, -0.2) is 22.6 Å². The van der Waals surface area contributed by atoms with Gasteiger partial charge in [-0.3, -0.25) is 9.89 Å². The molecule has 0 atom stereocenters. The Kier molecular flexibility index (Phi) is 3.32. The maximum Gasteiger partial charge on any atom is 0.219 e. The fourth-order valence-electron chi connectivity index (χ4n) is 0.886. The molecule has 0 radical (unpaired) electrons. The molecule has 2 N–H and O–H groups in total. The number of H-pyrrole nitrogens is 1. The van der Waals surface area contributed by atoms with Crippen molar-refractivity contribution in [1.29, 1.82) is 0 Å². The van der Waals surface area contributed by atoms with Crippen LogP contribution in [0.3, 0.4) is 0 Å². The lowest BCUT2D eigenvalue weighted by atomic mass is 10.3.